The van der Waals surface area contributed by atoms with Crippen molar-refractivity contribution in [1.82, 2.24) is 0 Å². The molecule has 0 saturated heterocycles. The van der Waals surface area contributed by atoms with Gasteiger partial charge in [-0.05, 0) is 26.0 Å². The number of rotatable bonds is 4. The van der Waals surface area contributed by atoms with Gasteiger partial charge in [-0.25, -0.2) is 0 Å². The molecule has 2 aromatic carbocycles. The van der Waals surface area contributed by atoms with Gasteiger partial charge in [0.2, 0.25) is 11.6 Å². The average molecular weight is 421 g/mol. The summed E-state index contributed by atoms with van der Waals surface area (Å²) in [6.45, 7) is 3.12. The van der Waals surface area contributed by atoms with Crippen molar-refractivity contribution in [3.8, 4) is 28.7 Å². The van der Waals surface area contributed by atoms with E-state index < -0.39 is 34.8 Å². The van der Waals surface area contributed by atoms with E-state index in [0.29, 0.717) is 0 Å². The first kappa shape index (κ1) is 20.5. The first-order valence-electron chi connectivity index (χ1n) is 8.47. The summed E-state index contributed by atoms with van der Waals surface area (Å²) < 4.78 is 10.7. The highest BCUT2D eigenvalue weighted by molar-refractivity contribution is 6.47. The molecule has 0 aromatic heterocycles. The highest BCUT2D eigenvalue weighted by Gasteiger charge is 2.39. The summed E-state index contributed by atoms with van der Waals surface area (Å²) in [6, 6.07) is 5.72. The second-order valence-corrected chi connectivity index (χ2v) is 7.43. The molecule has 0 radical (unpaired) electrons. The van der Waals surface area contributed by atoms with Crippen molar-refractivity contribution in [3.05, 3.63) is 41.5 Å². The maximum absolute atomic E-state index is 12.5. The Balaban J connectivity index is 1.98. The summed E-state index contributed by atoms with van der Waals surface area (Å²) in [5.41, 5.74) is -1.25. The minimum Gasteiger partial charge on any atom is -0.508 e. The van der Waals surface area contributed by atoms with E-state index in [1.807, 2.05) is 0 Å². The molecule has 29 heavy (non-hydrogen) atoms. The number of esters is 1. The zero-order chi connectivity index (χ0) is 21.5. The van der Waals surface area contributed by atoms with E-state index in [9.17, 15) is 29.7 Å². The summed E-state index contributed by atoms with van der Waals surface area (Å²) in [4.78, 5) is 37.2. The van der Waals surface area contributed by atoms with E-state index >= 15 is 0 Å². The van der Waals surface area contributed by atoms with Crippen molar-refractivity contribution in [2.24, 2.45) is 5.41 Å². The fourth-order valence-corrected chi connectivity index (χ4v) is 2.73. The molecule has 1 unspecified atom stereocenters. The first-order valence-corrected chi connectivity index (χ1v) is 9.01. The van der Waals surface area contributed by atoms with Crippen LogP contribution in [0.4, 0.5) is 0 Å². The molecule has 0 aliphatic carbocycles. The Hall–Kier alpha value is -3.26. The van der Waals surface area contributed by atoms with Gasteiger partial charge in [0.15, 0.2) is 17.6 Å². The summed E-state index contributed by atoms with van der Waals surface area (Å²) in [7, 11) is 0. The Kier molecular flexibility index (Phi) is 5.15. The zero-order valence-electron chi connectivity index (χ0n) is 15.4. The number of benzene rings is 2. The number of carbonyl (C=O) groups is 3. The molecule has 1 aliphatic heterocycles. The topological polar surface area (TPSA) is 130 Å². The number of halogens is 1. The number of fused-ring (bicyclic) bond motifs is 1. The van der Waals surface area contributed by atoms with Crippen LogP contribution in [0.1, 0.15) is 35.9 Å². The second-order valence-electron chi connectivity index (χ2n) is 7.16. The summed E-state index contributed by atoms with van der Waals surface area (Å²) in [5.74, 6) is -4.40. The highest BCUT2D eigenvalue weighted by atomic mass is 35.5. The molecule has 9 heteroatoms. The van der Waals surface area contributed by atoms with Crippen LogP contribution in [-0.2, 0) is 9.59 Å². The van der Waals surface area contributed by atoms with Crippen molar-refractivity contribution >= 4 is 29.1 Å². The van der Waals surface area contributed by atoms with Crippen LogP contribution in [0.2, 0.25) is 0 Å². The van der Waals surface area contributed by atoms with Crippen LogP contribution >= 0.6 is 11.6 Å². The number of phenols is 3. The Bertz CT molecular complexity index is 1030. The molecule has 1 atom stereocenters. The number of ether oxygens (including phenoxy) is 2. The smallest absolute Gasteiger partial charge is 0.318 e. The molecule has 2 aromatic rings. The van der Waals surface area contributed by atoms with Crippen molar-refractivity contribution < 1.29 is 39.2 Å². The number of hydrogen-bond donors (Lipinski definition) is 3. The number of phenolic OH excluding ortho intramolecular Hbond substituents is 3. The predicted molar refractivity (Wildman–Crippen MR) is 101 cm³/mol. The van der Waals surface area contributed by atoms with Crippen molar-refractivity contribution in [3.63, 3.8) is 0 Å². The van der Waals surface area contributed by atoms with E-state index in [4.69, 9.17) is 21.1 Å². The third-order valence-corrected chi connectivity index (χ3v) is 5.04. The number of ketones is 2. The van der Waals surface area contributed by atoms with Gasteiger partial charge in [-0.15, -0.1) is 11.6 Å². The number of alkyl halides is 1. The van der Waals surface area contributed by atoms with E-state index in [0.717, 1.165) is 12.1 Å². The van der Waals surface area contributed by atoms with Crippen LogP contribution in [0.5, 0.6) is 28.7 Å². The van der Waals surface area contributed by atoms with Gasteiger partial charge in [-0.1, -0.05) is 6.07 Å². The maximum Gasteiger partial charge on any atom is 0.318 e. The van der Waals surface area contributed by atoms with Gasteiger partial charge in [0.05, 0.1) is 5.41 Å². The van der Waals surface area contributed by atoms with Crippen LogP contribution < -0.4 is 9.47 Å². The van der Waals surface area contributed by atoms with Crippen LogP contribution in [0, 0.1) is 5.41 Å². The van der Waals surface area contributed by atoms with Crippen LogP contribution in [0.3, 0.4) is 0 Å². The molecule has 0 spiro atoms. The lowest BCUT2D eigenvalue weighted by molar-refractivity contribution is -0.142. The Morgan fingerprint density at radius 3 is 2.48 bits per heavy atom. The lowest BCUT2D eigenvalue weighted by Gasteiger charge is -2.25. The number of aromatic hydroxyl groups is 3. The molecular weight excluding hydrogens is 404 g/mol. The van der Waals surface area contributed by atoms with Gasteiger partial charge in [-0.2, -0.15) is 0 Å². The Labute approximate surface area is 170 Å². The molecule has 3 N–H and O–H groups in total. The lowest BCUT2D eigenvalue weighted by atomic mass is 9.94. The molecule has 0 fully saturated rings. The van der Waals surface area contributed by atoms with E-state index in [-0.39, 0.29) is 40.0 Å². The van der Waals surface area contributed by atoms with E-state index in [1.54, 1.807) is 13.8 Å². The van der Waals surface area contributed by atoms with E-state index in [1.165, 1.54) is 18.2 Å². The van der Waals surface area contributed by atoms with Gasteiger partial charge in [0.25, 0.3) is 0 Å². The molecule has 0 amide bonds. The number of Topliss-reactive ketones (excluding diaryl/α,β-unsaturated/α-hetero) is 2. The summed E-state index contributed by atoms with van der Waals surface area (Å²) in [6.07, 6.45) is -1.42. The molecule has 0 bridgehead atoms. The van der Waals surface area contributed by atoms with Gasteiger partial charge >= 0.3 is 5.97 Å². The minimum absolute atomic E-state index is 0.0191. The number of carbonyl (C=O) groups excluding carboxylic acids is 3. The monoisotopic (exact) mass is 420 g/mol. The van der Waals surface area contributed by atoms with Gasteiger partial charge in [0.1, 0.15) is 22.8 Å². The Morgan fingerprint density at radius 1 is 1.14 bits per heavy atom. The quantitative estimate of drug-likeness (QED) is 0.298. The highest BCUT2D eigenvalue weighted by Crippen LogP contribution is 2.41. The summed E-state index contributed by atoms with van der Waals surface area (Å²) in [5, 5.41) is 29.5. The zero-order valence-corrected chi connectivity index (χ0v) is 16.2. The molecule has 8 nitrogen and oxygen atoms in total. The molecular formula is C20H17ClO8. The van der Waals surface area contributed by atoms with Crippen molar-refractivity contribution in [2.45, 2.75) is 20.0 Å². The standard InChI is InChI=1S/C20H17ClO8/c1-20(2,8-21)19(27)29-13-5-9(3-4-11(13)23)18-17(26)16(25)15-12(24)6-10(22)7-14(15)28-18/h3-7,18,22-24H,8H2,1-2H3. The minimum atomic E-state index is -1.42. The van der Waals surface area contributed by atoms with Gasteiger partial charge in [-0.3, -0.25) is 14.4 Å². The molecule has 0 saturated carbocycles. The SMILES string of the molecule is CC(C)(CCl)C(=O)Oc1cc(C2Oc3cc(O)cc(O)c3C(=O)C2=O)ccc1O. The second kappa shape index (κ2) is 7.29. The van der Waals surface area contributed by atoms with Crippen molar-refractivity contribution in [1.29, 1.82) is 0 Å². The van der Waals surface area contributed by atoms with Crippen LogP contribution in [0.25, 0.3) is 0 Å². The summed E-state index contributed by atoms with van der Waals surface area (Å²) >= 11 is 5.75. The largest absolute Gasteiger partial charge is 0.508 e. The van der Waals surface area contributed by atoms with Gasteiger partial charge in [0, 0.05) is 23.6 Å². The van der Waals surface area contributed by atoms with Crippen LogP contribution in [-0.4, -0.2) is 38.7 Å². The third kappa shape index (κ3) is 3.71. The number of hydrogen-bond acceptors (Lipinski definition) is 8. The lowest BCUT2D eigenvalue weighted by Crippen LogP contribution is -2.32. The molecule has 1 aliphatic rings. The molecule has 1 heterocycles. The average Bonchev–Trinajstić information content (AvgIpc) is 2.65. The molecule has 152 valence electrons. The fraction of sp³-hybridized carbons (Fsp3) is 0.250. The third-order valence-electron chi connectivity index (χ3n) is 4.38. The Morgan fingerprint density at radius 2 is 1.83 bits per heavy atom. The first-order chi connectivity index (χ1) is 13.5. The maximum atomic E-state index is 12.5. The fourth-order valence-electron chi connectivity index (χ4n) is 2.62. The van der Waals surface area contributed by atoms with Crippen molar-refractivity contribution in [2.75, 3.05) is 5.88 Å². The predicted octanol–water partition coefficient (Wildman–Crippen LogP) is 2.86. The van der Waals surface area contributed by atoms with Gasteiger partial charge < -0.3 is 24.8 Å². The van der Waals surface area contributed by atoms with E-state index in [2.05, 4.69) is 0 Å². The molecule has 3 rings (SSSR count). The normalized spacial score (nSPS) is 16.2. The van der Waals surface area contributed by atoms with Crippen LogP contribution in [0.15, 0.2) is 30.3 Å².